The van der Waals surface area contributed by atoms with Crippen LogP contribution in [0.25, 0.3) is 0 Å². The fourth-order valence-electron chi connectivity index (χ4n) is 1.79. The van der Waals surface area contributed by atoms with Gasteiger partial charge in [-0.05, 0) is 11.6 Å². The molecule has 2 nitrogen and oxygen atoms in total. The van der Waals surface area contributed by atoms with Gasteiger partial charge in [0.2, 0.25) is 0 Å². The van der Waals surface area contributed by atoms with Gasteiger partial charge in [0, 0.05) is 4.48 Å². The Morgan fingerprint density at radius 3 is 2.62 bits per heavy atom. The van der Waals surface area contributed by atoms with Gasteiger partial charge in [0.15, 0.2) is 0 Å². The van der Waals surface area contributed by atoms with Gasteiger partial charge >= 0.3 is 0 Å². The minimum absolute atomic E-state index is 0.559. The Labute approximate surface area is 103 Å². The Hall–Kier alpha value is -1.37. The summed E-state index contributed by atoms with van der Waals surface area (Å²) in [5.74, 6) is -0.559. The van der Waals surface area contributed by atoms with Crippen molar-refractivity contribution < 1.29 is 5.11 Å². The third-order valence-corrected chi connectivity index (χ3v) is 3.15. The average molecular weight is 276 g/mol. The summed E-state index contributed by atoms with van der Waals surface area (Å²) in [4.78, 5) is 0. The van der Waals surface area contributed by atoms with Gasteiger partial charge in [-0.3, -0.25) is 0 Å². The van der Waals surface area contributed by atoms with E-state index in [2.05, 4.69) is 22.0 Å². The molecule has 2 unspecified atom stereocenters. The van der Waals surface area contributed by atoms with E-state index in [1.807, 2.05) is 30.3 Å². The van der Waals surface area contributed by atoms with Crippen molar-refractivity contribution in [1.82, 2.24) is 0 Å². The van der Waals surface area contributed by atoms with Crippen LogP contribution in [0, 0.1) is 17.2 Å². The topological polar surface area (TPSA) is 44.0 Å². The van der Waals surface area contributed by atoms with Crippen LogP contribution in [-0.2, 0) is 5.60 Å². The van der Waals surface area contributed by atoms with Gasteiger partial charge in [-0.25, -0.2) is 0 Å². The molecule has 0 fully saturated rings. The van der Waals surface area contributed by atoms with Gasteiger partial charge in [0.1, 0.15) is 11.5 Å². The van der Waals surface area contributed by atoms with Crippen LogP contribution < -0.4 is 0 Å². The second-order valence-electron chi connectivity index (χ2n) is 3.69. The molecular weight excluding hydrogens is 266 g/mol. The Kier molecular flexibility index (Phi) is 2.95. The predicted octanol–water partition coefficient (Wildman–Crippen LogP) is 2.86. The van der Waals surface area contributed by atoms with Gasteiger partial charge in [0.05, 0.1) is 6.07 Å². The zero-order chi connectivity index (χ0) is 11.6. The van der Waals surface area contributed by atoms with Crippen molar-refractivity contribution in [2.45, 2.75) is 5.60 Å². The summed E-state index contributed by atoms with van der Waals surface area (Å²) >= 11 is 3.32. The molecule has 1 aliphatic rings. The zero-order valence-electron chi connectivity index (χ0n) is 8.47. The van der Waals surface area contributed by atoms with Crippen LogP contribution in [0.5, 0.6) is 0 Å². The molecular formula is C13H10BrNO. The first kappa shape index (κ1) is 11.1. The molecule has 3 heteroatoms. The normalized spacial score (nSPS) is 28.3. The van der Waals surface area contributed by atoms with Crippen molar-refractivity contribution >= 4 is 15.9 Å². The number of rotatable bonds is 1. The number of nitrogens with zero attached hydrogens (tertiary/aromatic N) is 1. The largest absolute Gasteiger partial charge is 0.379 e. The third kappa shape index (κ3) is 1.82. The lowest BCUT2D eigenvalue weighted by atomic mass is 9.79. The maximum absolute atomic E-state index is 10.6. The first-order chi connectivity index (χ1) is 7.66. The quantitative estimate of drug-likeness (QED) is 0.857. The van der Waals surface area contributed by atoms with Crippen molar-refractivity contribution in [1.29, 1.82) is 5.26 Å². The number of nitriles is 1. The number of hydrogen-bond acceptors (Lipinski definition) is 2. The van der Waals surface area contributed by atoms with Crippen molar-refractivity contribution in [2.24, 2.45) is 5.92 Å². The molecule has 0 amide bonds. The monoisotopic (exact) mass is 275 g/mol. The summed E-state index contributed by atoms with van der Waals surface area (Å²) < 4.78 is 0.783. The molecule has 0 saturated carbocycles. The molecule has 0 heterocycles. The van der Waals surface area contributed by atoms with E-state index in [0.717, 1.165) is 10.0 Å². The minimum atomic E-state index is -1.25. The fourth-order valence-corrected chi connectivity index (χ4v) is 2.29. The molecule has 0 aromatic heterocycles. The van der Waals surface area contributed by atoms with Gasteiger partial charge < -0.3 is 5.11 Å². The molecule has 0 aliphatic heterocycles. The molecule has 2 atom stereocenters. The van der Waals surface area contributed by atoms with Crippen LogP contribution in [0.3, 0.4) is 0 Å². The molecule has 80 valence electrons. The molecule has 0 bridgehead atoms. The Morgan fingerprint density at radius 1 is 1.31 bits per heavy atom. The Balaban J connectivity index is 2.51. The van der Waals surface area contributed by atoms with Crippen molar-refractivity contribution in [3.05, 3.63) is 58.6 Å². The highest BCUT2D eigenvalue weighted by molar-refractivity contribution is 9.11. The lowest BCUT2D eigenvalue weighted by Crippen LogP contribution is -2.32. The summed E-state index contributed by atoms with van der Waals surface area (Å²) in [5.41, 5.74) is -0.522. The molecule has 2 rings (SSSR count). The summed E-state index contributed by atoms with van der Waals surface area (Å²) in [6.45, 7) is 0. The first-order valence-corrected chi connectivity index (χ1v) is 5.70. The van der Waals surface area contributed by atoms with E-state index >= 15 is 0 Å². The van der Waals surface area contributed by atoms with Crippen LogP contribution in [-0.4, -0.2) is 5.11 Å². The highest BCUT2D eigenvalue weighted by Gasteiger charge is 2.37. The Morgan fingerprint density at radius 2 is 2.00 bits per heavy atom. The highest BCUT2D eigenvalue weighted by atomic mass is 79.9. The number of aliphatic hydroxyl groups is 1. The fraction of sp³-hybridized carbons (Fsp3) is 0.154. The summed E-state index contributed by atoms with van der Waals surface area (Å²) in [5, 5.41) is 19.7. The second kappa shape index (κ2) is 4.25. The van der Waals surface area contributed by atoms with Crippen LogP contribution in [0.2, 0.25) is 0 Å². The summed E-state index contributed by atoms with van der Waals surface area (Å²) in [7, 11) is 0. The van der Waals surface area contributed by atoms with Crippen molar-refractivity contribution in [3.8, 4) is 6.07 Å². The molecule has 1 aliphatic carbocycles. The standard InChI is InChI=1S/C13H10BrNO/c14-12-7-6-11(9-15)13(16,8-12)10-4-2-1-3-5-10/h1-8,11,16H. The van der Waals surface area contributed by atoms with E-state index in [4.69, 9.17) is 5.26 Å². The number of allylic oxidation sites excluding steroid dienone is 2. The number of benzene rings is 1. The third-order valence-electron chi connectivity index (χ3n) is 2.66. The SMILES string of the molecule is N#CC1C=CC(Br)=CC1(O)c1ccccc1. The highest BCUT2D eigenvalue weighted by Crippen LogP contribution is 2.37. The molecule has 0 spiro atoms. The van der Waals surface area contributed by atoms with E-state index in [9.17, 15) is 5.11 Å². The lowest BCUT2D eigenvalue weighted by Gasteiger charge is -2.30. The van der Waals surface area contributed by atoms with E-state index in [1.54, 1.807) is 18.2 Å². The van der Waals surface area contributed by atoms with Crippen LogP contribution in [0.4, 0.5) is 0 Å². The smallest absolute Gasteiger partial charge is 0.128 e. The van der Waals surface area contributed by atoms with Crippen LogP contribution >= 0.6 is 15.9 Å². The predicted molar refractivity (Wildman–Crippen MR) is 65.6 cm³/mol. The summed E-state index contributed by atoms with van der Waals surface area (Å²) in [6, 6.07) is 11.3. The van der Waals surface area contributed by atoms with Crippen molar-refractivity contribution in [3.63, 3.8) is 0 Å². The molecule has 1 N–H and O–H groups in total. The van der Waals surface area contributed by atoms with E-state index in [0.29, 0.717) is 0 Å². The Bertz CT molecular complexity index is 486. The van der Waals surface area contributed by atoms with Gasteiger partial charge in [-0.1, -0.05) is 58.4 Å². The molecule has 16 heavy (non-hydrogen) atoms. The van der Waals surface area contributed by atoms with Crippen LogP contribution in [0.1, 0.15) is 5.56 Å². The van der Waals surface area contributed by atoms with E-state index < -0.39 is 11.5 Å². The first-order valence-electron chi connectivity index (χ1n) is 4.91. The molecule has 1 aromatic rings. The number of hydrogen-bond donors (Lipinski definition) is 1. The van der Waals surface area contributed by atoms with Gasteiger partial charge in [-0.15, -0.1) is 0 Å². The molecule has 0 saturated heterocycles. The van der Waals surface area contributed by atoms with Crippen LogP contribution in [0.15, 0.2) is 53.0 Å². The number of halogens is 1. The second-order valence-corrected chi connectivity index (χ2v) is 4.60. The zero-order valence-corrected chi connectivity index (χ0v) is 10.1. The summed E-state index contributed by atoms with van der Waals surface area (Å²) in [6.07, 6.45) is 5.15. The van der Waals surface area contributed by atoms with Gasteiger partial charge in [0.25, 0.3) is 0 Å². The minimum Gasteiger partial charge on any atom is -0.379 e. The average Bonchev–Trinajstić information content (AvgIpc) is 2.30. The molecule has 0 radical (unpaired) electrons. The maximum atomic E-state index is 10.6. The van der Waals surface area contributed by atoms with Crippen molar-refractivity contribution in [2.75, 3.05) is 0 Å². The van der Waals surface area contributed by atoms with Gasteiger partial charge in [-0.2, -0.15) is 5.26 Å². The maximum Gasteiger partial charge on any atom is 0.128 e. The molecule has 1 aromatic carbocycles. The van der Waals surface area contributed by atoms with E-state index in [-0.39, 0.29) is 0 Å². The van der Waals surface area contributed by atoms with E-state index in [1.165, 1.54) is 0 Å². The lowest BCUT2D eigenvalue weighted by molar-refractivity contribution is 0.0636.